The van der Waals surface area contributed by atoms with E-state index in [1.165, 1.54) is 38.5 Å². The summed E-state index contributed by atoms with van der Waals surface area (Å²) in [6.45, 7) is 0. The summed E-state index contributed by atoms with van der Waals surface area (Å²) >= 11 is 0. The molecule has 0 radical (unpaired) electrons. The van der Waals surface area contributed by atoms with Crippen molar-refractivity contribution in [3.05, 3.63) is 40.6 Å². The summed E-state index contributed by atoms with van der Waals surface area (Å²) in [7, 11) is 2.56. The molecule has 0 amide bonds. The van der Waals surface area contributed by atoms with Crippen LogP contribution in [0.3, 0.4) is 0 Å². The molecule has 36 heavy (non-hydrogen) atoms. The zero-order chi connectivity index (χ0) is 26.3. The van der Waals surface area contributed by atoms with E-state index in [2.05, 4.69) is 0 Å². The SMILES string of the molecule is COc1cc(-c2oc3cc(O[C@@H]4O[C@@H](C(=O)O)[C@H](O)[C@@H](O)[C@@H]4O)cc(O)c3c(=O)c2OC)ccc1O. The van der Waals surface area contributed by atoms with Crippen molar-refractivity contribution in [3.63, 3.8) is 0 Å². The summed E-state index contributed by atoms with van der Waals surface area (Å²) in [5.74, 6) is -2.79. The molecule has 1 saturated heterocycles. The summed E-state index contributed by atoms with van der Waals surface area (Å²) in [6.07, 6.45) is -9.33. The Bertz CT molecular complexity index is 1360. The van der Waals surface area contributed by atoms with Gasteiger partial charge in [0, 0.05) is 17.7 Å². The first-order valence-electron chi connectivity index (χ1n) is 10.4. The van der Waals surface area contributed by atoms with E-state index in [1.54, 1.807) is 0 Å². The van der Waals surface area contributed by atoms with Crippen LogP contribution in [-0.4, -0.2) is 81.5 Å². The fourth-order valence-corrected chi connectivity index (χ4v) is 3.80. The maximum Gasteiger partial charge on any atom is 0.335 e. The lowest BCUT2D eigenvalue weighted by Crippen LogP contribution is -2.61. The molecule has 5 atom stereocenters. The molecule has 13 heteroatoms. The Morgan fingerprint density at radius 1 is 0.944 bits per heavy atom. The smallest absolute Gasteiger partial charge is 0.335 e. The molecule has 3 aromatic rings. The van der Waals surface area contributed by atoms with Gasteiger partial charge >= 0.3 is 5.97 Å². The van der Waals surface area contributed by atoms with Crippen LogP contribution in [0.5, 0.6) is 28.7 Å². The number of hydrogen-bond donors (Lipinski definition) is 6. The minimum atomic E-state index is -1.92. The van der Waals surface area contributed by atoms with Crippen molar-refractivity contribution in [2.45, 2.75) is 30.7 Å². The summed E-state index contributed by atoms with van der Waals surface area (Å²) < 4.78 is 26.6. The first-order chi connectivity index (χ1) is 17.1. The number of carboxylic acids is 1. The average Bonchev–Trinajstić information content (AvgIpc) is 2.84. The Morgan fingerprint density at radius 3 is 2.31 bits per heavy atom. The van der Waals surface area contributed by atoms with Crippen LogP contribution in [-0.2, 0) is 9.53 Å². The number of aromatic hydroxyl groups is 2. The van der Waals surface area contributed by atoms with Gasteiger partial charge in [-0.3, -0.25) is 4.79 Å². The second-order valence-electron chi connectivity index (χ2n) is 7.85. The molecule has 2 aromatic carbocycles. The molecule has 1 aromatic heterocycles. The molecule has 13 nitrogen and oxygen atoms in total. The highest BCUT2D eigenvalue weighted by Gasteiger charge is 2.48. The van der Waals surface area contributed by atoms with E-state index in [-0.39, 0.29) is 39.7 Å². The van der Waals surface area contributed by atoms with Crippen molar-refractivity contribution in [3.8, 4) is 40.1 Å². The van der Waals surface area contributed by atoms with Crippen molar-refractivity contribution in [1.29, 1.82) is 0 Å². The van der Waals surface area contributed by atoms with Gasteiger partial charge < -0.3 is 54.0 Å². The molecule has 4 rings (SSSR count). The molecule has 0 unspecified atom stereocenters. The van der Waals surface area contributed by atoms with Gasteiger partial charge in [0.25, 0.3) is 0 Å². The molecule has 1 fully saturated rings. The fourth-order valence-electron chi connectivity index (χ4n) is 3.80. The van der Waals surface area contributed by atoms with E-state index in [4.69, 9.17) is 23.4 Å². The van der Waals surface area contributed by atoms with Crippen LogP contribution in [0.2, 0.25) is 0 Å². The number of carbonyl (C=O) groups is 1. The second kappa shape index (κ2) is 9.54. The summed E-state index contributed by atoms with van der Waals surface area (Å²) in [6, 6.07) is 6.31. The van der Waals surface area contributed by atoms with E-state index in [9.17, 15) is 40.2 Å². The predicted molar refractivity (Wildman–Crippen MR) is 119 cm³/mol. The Kier molecular flexibility index (Phi) is 6.65. The number of methoxy groups -OCH3 is 2. The number of phenolic OH excluding ortho intramolecular Hbond substituents is 2. The van der Waals surface area contributed by atoms with Crippen LogP contribution >= 0.6 is 0 Å². The van der Waals surface area contributed by atoms with E-state index in [0.29, 0.717) is 5.56 Å². The zero-order valence-corrected chi connectivity index (χ0v) is 18.8. The van der Waals surface area contributed by atoms with Crippen molar-refractivity contribution >= 4 is 16.9 Å². The number of phenols is 2. The Balaban J connectivity index is 1.80. The van der Waals surface area contributed by atoms with Crippen molar-refractivity contribution in [2.24, 2.45) is 0 Å². The summed E-state index contributed by atoms with van der Waals surface area (Å²) in [4.78, 5) is 24.4. The maximum atomic E-state index is 13.1. The Morgan fingerprint density at radius 2 is 1.67 bits per heavy atom. The van der Waals surface area contributed by atoms with Gasteiger partial charge in [-0.25, -0.2) is 4.79 Å². The number of benzene rings is 2. The first kappa shape index (κ1) is 25.1. The monoisotopic (exact) mass is 506 g/mol. The van der Waals surface area contributed by atoms with Gasteiger partial charge in [0.05, 0.1) is 14.2 Å². The third-order valence-electron chi connectivity index (χ3n) is 5.62. The van der Waals surface area contributed by atoms with Gasteiger partial charge in [-0.2, -0.15) is 0 Å². The number of aliphatic hydroxyl groups excluding tert-OH is 3. The fraction of sp³-hybridized carbons (Fsp3) is 0.304. The molecule has 192 valence electrons. The number of hydrogen-bond acceptors (Lipinski definition) is 12. The number of fused-ring (bicyclic) bond motifs is 1. The zero-order valence-electron chi connectivity index (χ0n) is 18.8. The van der Waals surface area contributed by atoms with Gasteiger partial charge in [-0.1, -0.05) is 0 Å². The van der Waals surface area contributed by atoms with Crippen molar-refractivity contribution in [1.82, 2.24) is 0 Å². The van der Waals surface area contributed by atoms with Gasteiger partial charge in [-0.15, -0.1) is 0 Å². The lowest BCUT2D eigenvalue weighted by atomic mass is 9.99. The predicted octanol–water partition coefficient (Wildman–Crippen LogP) is 0.159. The summed E-state index contributed by atoms with van der Waals surface area (Å²) in [5, 5.41) is 59.3. The molecule has 2 heterocycles. The van der Waals surface area contributed by atoms with Crippen LogP contribution in [0.15, 0.2) is 39.5 Å². The molecule has 6 N–H and O–H groups in total. The van der Waals surface area contributed by atoms with Crippen molar-refractivity contribution in [2.75, 3.05) is 14.2 Å². The van der Waals surface area contributed by atoms with E-state index in [1.807, 2.05) is 0 Å². The quantitative estimate of drug-likeness (QED) is 0.264. The number of ether oxygens (including phenoxy) is 4. The minimum absolute atomic E-state index is 0.0664. The van der Waals surface area contributed by atoms with Crippen LogP contribution < -0.4 is 19.6 Å². The molecule has 0 aliphatic carbocycles. The largest absolute Gasteiger partial charge is 0.507 e. The lowest BCUT2D eigenvalue weighted by molar-refractivity contribution is -0.271. The molecular weight excluding hydrogens is 484 g/mol. The van der Waals surface area contributed by atoms with E-state index < -0.39 is 47.9 Å². The second-order valence-corrected chi connectivity index (χ2v) is 7.85. The summed E-state index contributed by atoms with van der Waals surface area (Å²) in [5.41, 5.74) is -0.624. The number of carboxylic acid groups (broad SMARTS) is 1. The maximum absolute atomic E-state index is 13.1. The third-order valence-corrected chi connectivity index (χ3v) is 5.62. The highest BCUT2D eigenvalue weighted by atomic mass is 16.7. The van der Waals surface area contributed by atoms with Gasteiger partial charge in [0.2, 0.25) is 17.5 Å². The molecule has 0 bridgehead atoms. The van der Waals surface area contributed by atoms with Crippen LogP contribution in [0.1, 0.15) is 0 Å². The standard InChI is InChI=1S/C23H22O13/c1-32-12-5-8(3-4-10(12)24)19-20(33-2)15(26)14-11(25)6-9(7-13(14)35-19)34-23-18(29)16(27)17(28)21(36-23)22(30)31/h3-7,16-18,21,23-25,27-29H,1-2H3,(H,30,31)/t16-,17-,18+,21-,23-/m1/s1. The Labute approximate surface area is 201 Å². The van der Waals surface area contributed by atoms with Crippen LogP contribution in [0, 0.1) is 0 Å². The highest BCUT2D eigenvalue weighted by molar-refractivity contribution is 5.88. The Hall–Kier alpha value is -4.04. The topological polar surface area (TPSA) is 206 Å². The number of rotatable bonds is 6. The average molecular weight is 506 g/mol. The molecular formula is C23H22O13. The van der Waals surface area contributed by atoms with Crippen LogP contribution in [0.25, 0.3) is 22.3 Å². The normalized spacial score (nSPS) is 23.9. The molecule has 0 saturated carbocycles. The first-order valence-corrected chi connectivity index (χ1v) is 10.4. The van der Waals surface area contributed by atoms with E-state index in [0.717, 1.165) is 6.07 Å². The molecule has 1 aliphatic rings. The van der Waals surface area contributed by atoms with Gasteiger partial charge in [0.1, 0.15) is 40.8 Å². The van der Waals surface area contributed by atoms with Crippen molar-refractivity contribution < 1.29 is 58.8 Å². The highest BCUT2D eigenvalue weighted by Crippen LogP contribution is 2.39. The third kappa shape index (κ3) is 4.24. The van der Waals surface area contributed by atoms with Gasteiger partial charge in [-0.05, 0) is 18.2 Å². The number of aliphatic hydroxyl groups is 3. The van der Waals surface area contributed by atoms with E-state index >= 15 is 0 Å². The van der Waals surface area contributed by atoms with Crippen LogP contribution in [0.4, 0.5) is 0 Å². The molecule has 1 aliphatic heterocycles. The molecule has 0 spiro atoms. The van der Waals surface area contributed by atoms with Gasteiger partial charge in [0.15, 0.2) is 23.4 Å². The lowest BCUT2D eigenvalue weighted by Gasteiger charge is -2.38. The number of aliphatic carboxylic acids is 1. The minimum Gasteiger partial charge on any atom is -0.507 e.